The molecule has 0 spiro atoms. The van der Waals surface area contributed by atoms with Crippen molar-refractivity contribution in [2.45, 2.75) is 13.5 Å². The molecule has 7 heteroatoms. The highest BCUT2D eigenvalue weighted by molar-refractivity contribution is 9.11. The van der Waals surface area contributed by atoms with E-state index >= 15 is 0 Å². The van der Waals surface area contributed by atoms with Crippen molar-refractivity contribution < 1.29 is 14.6 Å². The predicted molar refractivity (Wildman–Crippen MR) is 81.2 cm³/mol. The quantitative estimate of drug-likeness (QED) is 0.844. The monoisotopic (exact) mass is 402 g/mol. The van der Waals surface area contributed by atoms with E-state index in [1.54, 1.807) is 32.4 Å². The van der Waals surface area contributed by atoms with Gasteiger partial charge in [-0.3, -0.25) is 0 Å². The third-order valence-corrected chi connectivity index (χ3v) is 3.88. The van der Waals surface area contributed by atoms with E-state index in [0.29, 0.717) is 22.8 Å². The van der Waals surface area contributed by atoms with Gasteiger partial charge in [0.25, 0.3) is 0 Å². The molecule has 0 fully saturated rings. The Labute approximate surface area is 133 Å². The summed E-state index contributed by atoms with van der Waals surface area (Å²) in [7, 11) is 1.59. The molecular weight excluding hydrogens is 392 g/mol. The Hall–Kier alpha value is -1.18. The number of aliphatic hydroxyl groups excluding tert-OH is 1. The van der Waals surface area contributed by atoms with E-state index in [4.69, 9.17) is 14.6 Å². The van der Waals surface area contributed by atoms with Gasteiger partial charge in [-0.25, -0.2) is 4.98 Å². The minimum absolute atomic E-state index is 0.0934. The van der Waals surface area contributed by atoms with Gasteiger partial charge in [0.1, 0.15) is 11.5 Å². The molecule has 106 valence electrons. The summed E-state index contributed by atoms with van der Waals surface area (Å²) in [6, 6.07) is 3.77. The van der Waals surface area contributed by atoms with Crippen molar-refractivity contribution in [1.29, 1.82) is 0 Å². The molecule has 20 heavy (non-hydrogen) atoms. The first-order valence-electron chi connectivity index (χ1n) is 5.69. The molecule has 0 aliphatic heterocycles. The van der Waals surface area contributed by atoms with Crippen LogP contribution in [-0.4, -0.2) is 22.2 Å². The maximum absolute atomic E-state index is 9.09. The molecule has 0 aliphatic carbocycles. The lowest BCUT2D eigenvalue weighted by Crippen LogP contribution is -1.99. The molecule has 1 heterocycles. The smallest absolute Gasteiger partial charge is 0.322 e. The number of methoxy groups -OCH3 is 1. The van der Waals surface area contributed by atoms with Crippen LogP contribution in [0.15, 0.2) is 27.3 Å². The maximum atomic E-state index is 9.09. The topological polar surface area (TPSA) is 64.5 Å². The van der Waals surface area contributed by atoms with Crippen molar-refractivity contribution in [3.63, 3.8) is 0 Å². The normalized spacial score (nSPS) is 10.4. The van der Waals surface area contributed by atoms with Crippen LogP contribution in [0.5, 0.6) is 17.5 Å². The van der Waals surface area contributed by atoms with Crippen LogP contribution in [0.2, 0.25) is 0 Å². The number of rotatable bonds is 4. The summed E-state index contributed by atoms with van der Waals surface area (Å²) in [5.74, 6) is 1.26. The molecule has 2 rings (SSSR count). The lowest BCUT2D eigenvalue weighted by molar-refractivity contribution is 0.279. The minimum atomic E-state index is -0.0934. The van der Waals surface area contributed by atoms with Gasteiger partial charge in [-0.2, -0.15) is 4.98 Å². The zero-order valence-corrected chi connectivity index (χ0v) is 14.0. The van der Waals surface area contributed by atoms with Crippen LogP contribution < -0.4 is 9.47 Å². The highest BCUT2D eigenvalue weighted by Gasteiger charge is 2.11. The van der Waals surface area contributed by atoms with Gasteiger partial charge in [0.05, 0.1) is 28.4 Å². The van der Waals surface area contributed by atoms with Gasteiger partial charge in [-0.1, -0.05) is 0 Å². The number of hydrogen-bond acceptors (Lipinski definition) is 5. The number of aliphatic hydroxyl groups is 1. The molecule has 0 saturated carbocycles. The molecule has 2 aromatic rings. The van der Waals surface area contributed by atoms with E-state index in [0.717, 1.165) is 8.95 Å². The van der Waals surface area contributed by atoms with E-state index < -0.39 is 0 Å². The summed E-state index contributed by atoms with van der Waals surface area (Å²) in [5, 5.41) is 9.09. The Kier molecular flexibility index (Phi) is 4.95. The van der Waals surface area contributed by atoms with Crippen molar-refractivity contribution in [3.8, 4) is 17.5 Å². The van der Waals surface area contributed by atoms with E-state index in [9.17, 15) is 0 Å². The van der Waals surface area contributed by atoms with E-state index in [1.165, 1.54) is 0 Å². The SMILES string of the molecule is COc1cc(Br)c(Oc2ncc(CO)c(C)n2)cc1Br. The van der Waals surface area contributed by atoms with Crippen LogP contribution in [0.25, 0.3) is 0 Å². The standard InChI is InChI=1S/C13H12Br2N2O3/c1-7-8(6-18)5-16-13(17-7)20-12-4-9(14)11(19-2)3-10(12)15/h3-5,18H,6H2,1-2H3. The molecule has 1 aromatic heterocycles. The first-order valence-corrected chi connectivity index (χ1v) is 7.28. The first-order chi connectivity index (χ1) is 9.55. The third-order valence-electron chi connectivity index (χ3n) is 2.64. The van der Waals surface area contributed by atoms with Gasteiger partial charge < -0.3 is 14.6 Å². The van der Waals surface area contributed by atoms with E-state index in [-0.39, 0.29) is 12.6 Å². The van der Waals surface area contributed by atoms with Gasteiger partial charge in [0.2, 0.25) is 0 Å². The van der Waals surface area contributed by atoms with Crippen molar-refractivity contribution in [2.24, 2.45) is 0 Å². The Morgan fingerprint density at radius 2 is 1.85 bits per heavy atom. The van der Waals surface area contributed by atoms with Gasteiger partial charge in [-0.15, -0.1) is 0 Å². The van der Waals surface area contributed by atoms with Crippen molar-refractivity contribution in [2.75, 3.05) is 7.11 Å². The molecule has 0 radical (unpaired) electrons. The first kappa shape index (κ1) is 15.2. The van der Waals surface area contributed by atoms with Gasteiger partial charge >= 0.3 is 6.01 Å². The highest BCUT2D eigenvalue weighted by atomic mass is 79.9. The average Bonchev–Trinajstić information content (AvgIpc) is 2.42. The molecule has 0 aliphatic rings. The fourth-order valence-electron chi connectivity index (χ4n) is 1.52. The molecule has 0 atom stereocenters. The third kappa shape index (κ3) is 3.28. The summed E-state index contributed by atoms with van der Waals surface area (Å²) >= 11 is 6.80. The zero-order chi connectivity index (χ0) is 14.7. The summed E-state index contributed by atoms with van der Waals surface area (Å²) in [6.45, 7) is 1.70. The van der Waals surface area contributed by atoms with Crippen LogP contribution in [0.1, 0.15) is 11.3 Å². The lowest BCUT2D eigenvalue weighted by atomic mass is 10.3. The van der Waals surface area contributed by atoms with Crippen LogP contribution in [0.4, 0.5) is 0 Å². The second kappa shape index (κ2) is 6.51. The van der Waals surface area contributed by atoms with Gasteiger partial charge in [0, 0.05) is 17.8 Å². The fraction of sp³-hybridized carbons (Fsp3) is 0.231. The summed E-state index contributed by atoms with van der Waals surface area (Å²) in [4.78, 5) is 8.25. The van der Waals surface area contributed by atoms with Crippen molar-refractivity contribution in [1.82, 2.24) is 9.97 Å². The number of halogens is 2. The fourth-order valence-corrected chi connectivity index (χ4v) is 2.41. The Morgan fingerprint density at radius 1 is 1.20 bits per heavy atom. The van der Waals surface area contributed by atoms with E-state index in [1.807, 2.05) is 0 Å². The highest BCUT2D eigenvalue weighted by Crippen LogP contribution is 2.37. The molecule has 1 N–H and O–H groups in total. The van der Waals surface area contributed by atoms with Crippen molar-refractivity contribution >= 4 is 31.9 Å². The molecule has 5 nitrogen and oxygen atoms in total. The molecule has 1 aromatic carbocycles. The molecule has 0 bridgehead atoms. The Bertz CT molecular complexity index is 635. The van der Waals surface area contributed by atoms with Gasteiger partial charge in [0.15, 0.2) is 0 Å². The number of aromatic nitrogens is 2. The molecular formula is C13H12Br2N2O3. The molecule has 0 saturated heterocycles. The Balaban J connectivity index is 2.30. The minimum Gasteiger partial charge on any atom is -0.496 e. The second-order valence-electron chi connectivity index (χ2n) is 3.94. The predicted octanol–water partition coefficient (Wildman–Crippen LogP) is 3.60. The maximum Gasteiger partial charge on any atom is 0.322 e. The Morgan fingerprint density at radius 3 is 2.45 bits per heavy atom. The van der Waals surface area contributed by atoms with E-state index in [2.05, 4.69) is 41.8 Å². The average molecular weight is 404 g/mol. The number of benzene rings is 1. The molecule has 0 amide bonds. The lowest BCUT2D eigenvalue weighted by Gasteiger charge is -2.10. The number of aryl methyl sites for hydroxylation is 1. The number of nitrogens with zero attached hydrogens (tertiary/aromatic N) is 2. The zero-order valence-electron chi connectivity index (χ0n) is 10.9. The summed E-state index contributed by atoms with van der Waals surface area (Å²) in [6.07, 6.45) is 1.55. The number of hydrogen-bond donors (Lipinski definition) is 1. The second-order valence-corrected chi connectivity index (χ2v) is 5.65. The van der Waals surface area contributed by atoms with Crippen LogP contribution in [0.3, 0.4) is 0 Å². The van der Waals surface area contributed by atoms with Crippen molar-refractivity contribution in [3.05, 3.63) is 38.5 Å². The van der Waals surface area contributed by atoms with Crippen LogP contribution >= 0.6 is 31.9 Å². The summed E-state index contributed by atoms with van der Waals surface area (Å²) < 4.78 is 12.3. The summed E-state index contributed by atoms with van der Waals surface area (Å²) in [5.41, 5.74) is 1.36. The molecule has 0 unspecified atom stereocenters. The van der Waals surface area contributed by atoms with Gasteiger partial charge in [-0.05, 0) is 44.8 Å². The number of ether oxygens (including phenoxy) is 2. The largest absolute Gasteiger partial charge is 0.496 e. The van der Waals surface area contributed by atoms with Crippen LogP contribution in [-0.2, 0) is 6.61 Å². The van der Waals surface area contributed by atoms with Crippen LogP contribution in [0, 0.1) is 6.92 Å².